The lowest BCUT2D eigenvalue weighted by molar-refractivity contribution is 0.190. The lowest BCUT2D eigenvalue weighted by Crippen LogP contribution is -2.34. The van der Waals surface area contributed by atoms with E-state index >= 15 is 0 Å². The van der Waals surface area contributed by atoms with Crippen LogP contribution in [0.4, 0.5) is 10.6 Å². The van der Waals surface area contributed by atoms with Crippen LogP contribution in [0.5, 0.6) is 5.75 Å². The number of aryl methyl sites for hydroxylation is 1. The molecule has 1 aromatic carbocycles. The predicted molar refractivity (Wildman–Crippen MR) is 103 cm³/mol. The number of carbonyl (C=O) groups excluding carboxylic acids is 1. The Morgan fingerprint density at radius 2 is 2.19 bits per heavy atom. The molecule has 3 heterocycles. The molecule has 1 aliphatic heterocycles. The molecule has 1 atom stereocenters. The molecule has 1 aliphatic rings. The topological polar surface area (TPSA) is 104 Å². The first-order valence-corrected chi connectivity index (χ1v) is 9.13. The highest BCUT2D eigenvalue weighted by atomic mass is 16.6. The Kier molecular flexibility index (Phi) is 4.35. The number of rotatable bonds is 5. The Hall–Kier alpha value is -2.87. The van der Waals surface area contributed by atoms with Gasteiger partial charge in [0.2, 0.25) is 0 Å². The highest BCUT2D eigenvalue weighted by Crippen LogP contribution is 2.37. The number of hydrogen-bond acceptors (Lipinski definition) is 6. The number of amides is 1. The minimum Gasteiger partial charge on any atom is -0.410 e. The van der Waals surface area contributed by atoms with Crippen LogP contribution in [0.15, 0.2) is 12.1 Å². The summed E-state index contributed by atoms with van der Waals surface area (Å²) in [5, 5.41) is 3.74. The van der Waals surface area contributed by atoms with Gasteiger partial charge in [0.15, 0.2) is 5.82 Å². The maximum atomic E-state index is 11.7. The van der Waals surface area contributed by atoms with Crippen LogP contribution in [0.2, 0.25) is 0 Å². The van der Waals surface area contributed by atoms with E-state index in [0.717, 1.165) is 35.3 Å². The third kappa shape index (κ3) is 2.86. The number of aromatic nitrogens is 3. The number of anilines is 1. The molecule has 8 nitrogen and oxygen atoms in total. The van der Waals surface area contributed by atoms with Crippen LogP contribution >= 0.6 is 0 Å². The number of fused-ring (bicyclic) bond motifs is 4. The number of hydrogen-bond donors (Lipinski definition) is 2. The van der Waals surface area contributed by atoms with E-state index in [9.17, 15) is 4.79 Å². The van der Waals surface area contributed by atoms with Crippen LogP contribution in [0.25, 0.3) is 21.9 Å². The minimum atomic E-state index is -0.457. The molecule has 0 radical (unpaired) electrons. The molecule has 142 valence electrons. The molecule has 1 amide bonds. The van der Waals surface area contributed by atoms with Gasteiger partial charge in [-0.1, -0.05) is 6.92 Å². The number of nitrogens with two attached hydrogens (primary N) is 1. The largest absolute Gasteiger partial charge is 0.413 e. The first kappa shape index (κ1) is 17.5. The first-order valence-electron chi connectivity index (χ1n) is 9.13. The molecule has 0 aliphatic carbocycles. The summed E-state index contributed by atoms with van der Waals surface area (Å²) < 4.78 is 12.8. The summed E-state index contributed by atoms with van der Waals surface area (Å²) in [6, 6.07) is 3.67. The standard InChI is InChI=1S/C19H23N5O3/c1-4-6-24-15(5-7-26-3)23-16-17(24)12-8-11-10(2)21-19(25)27-14(11)9-13(12)22-18(16)20/h8-10H,4-7H2,1-3H3,(H2,20,22)(H,21,25). The molecular weight excluding hydrogens is 346 g/mol. The lowest BCUT2D eigenvalue weighted by Gasteiger charge is -2.23. The van der Waals surface area contributed by atoms with E-state index in [2.05, 4.69) is 21.8 Å². The molecule has 3 aromatic rings. The maximum absolute atomic E-state index is 11.7. The summed E-state index contributed by atoms with van der Waals surface area (Å²) in [5.41, 5.74) is 9.50. The van der Waals surface area contributed by atoms with E-state index in [1.54, 1.807) is 13.2 Å². The van der Waals surface area contributed by atoms with Gasteiger partial charge in [-0.25, -0.2) is 14.8 Å². The monoisotopic (exact) mass is 369 g/mol. The third-order valence-electron chi connectivity index (χ3n) is 4.89. The zero-order chi connectivity index (χ0) is 19.1. The van der Waals surface area contributed by atoms with E-state index in [1.165, 1.54) is 0 Å². The van der Waals surface area contributed by atoms with Crippen molar-refractivity contribution in [3.8, 4) is 5.75 Å². The van der Waals surface area contributed by atoms with Gasteiger partial charge in [0.1, 0.15) is 17.1 Å². The van der Waals surface area contributed by atoms with Gasteiger partial charge in [0.25, 0.3) is 0 Å². The summed E-state index contributed by atoms with van der Waals surface area (Å²) in [7, 11) is 1.68. The van der Waals surface area contributed by atoms with Crippen LogP contribution in [-0.2, 0) is 17.7 Å². The van der Waals surface area contributed by atoms with Gasteiger partial charge >= 0.3 is 6.09 Å². The van der Waals surface area contributed by atoms with Gasteiger partial charge in [0, 0.05) is 37.1 Å². The van der Waals surface area contributed by atoms with Gasteiger partial charge in [0.05, 0.1) is 23.7 Å². The molecule has 0 saturated carbocycles. The molecular formula is C19H23N5O3. The molecule has 4 rings (SSSR count). The van der Waals surface area contributed by atoms with Crippen LogP contribution in [0.3, 0.4) is 0 Å². The van der Waals surface area contributed by atoms with Crippen molar-refractivity contribution in [3.63, 3.8) is 0 Å². The zero-order valence-electron chi connectivity index (χ0n) is 15.7. The Labute approximate surface area is 156 Å². The number of benzene rings is 1. The second-order valence-electron chi connectivity index (χ2n) is 6.78. The zero-order valence-corrected chi connectivity index (χ0v) is 15.7. The van der Waals surface area contributed by atoms with E-state index in [0.29, 0.717) is 35.6 Å². The number of carbonyl (C=O) groups is 1. The molecule has 27 heavy (non-hydrogen) atoms. The average molecular weight is 369 g/mol. The smallest absolute Gasteiger partial charge is 0.410 e. The number of nitrogens with zero attached hydrogens (tertiary/aromatic N) is 3. The van der Waals surface area contributed by atoms with Crippen molar-refractivity contribution in [2.45, 2.75) is 39.3 Å². The SMILES string of the molecule is CCCn1c(CCOC)nc2c(N)nc3cc4c(cc3c21)C(C)NC(=O)O4. The summed E-state index contributed by atoms with van der Waals surface area (Å²) in [6.07, 6.45) is 1.21. The van der Waals surface area contributed by atoms with Crippen LogP contribution in [0.1, 0.15) is 37.7 Å². The Balaban J connectivity index is 2.02. The molecule has 0 saturated heterocycles. The normalized spacial score (nSPS) is 16.4. The van der Waals surface area contributed by atoms with Crippen LogP contribution < -0.4 is 15.8 Å². The molecule has 8 heteroatoms. The molecule has 1 unspecified atom stereocenters. The Bertz CT molecular complexity index is 1040. The summed E-state index contributed by atoms with van der Waals surface area (Å²) >= 11 is 0. The van der Waals surface area contributed by atoms with E-state index in [1.807, 2.05) is 13.0 Å². The quantitative estimate of drug-likeness (QED) is 0.716. The number of pyridine rings is 1. The average Bonchev–Trinajstić information content (AvgIpc) is 2.98. The highest BCUT2D eigenvalue weighted by molar-refractivity contribution is 6.07. The maximum Gasteiger partial charge on any atom is 0.413 e. The van der Waals surface area contributed by atoms with Gasteiger partial charge in [-0.2, -0.15) is 0 Å². The second-order valence-corrected chi connectivity index (χ2v) is 6.78. The second kappa shape index (κ2) is 6.70. The first-order chi connectivity index (χ1) is 13.0. The van der Waals surface area contributed by atoms with E-state index < -0.39 is 6.09 Å². The predicted octanol–water partition coefficient (Wildman–Crippen LogP) is 2.93. The number of imidazole rings is 1. The summed E-state index contributed by atoms with van der Waals surface area (Å²) in [4.78, 5) is 21.0. The number of nitrogens with one attached hydrogen (secondary N) is 1. The van der Waals surface area contributed by atoms with E-state index in [4.69, 9.17) is 20.2 Å². The van der Waals surface area contributed by atoms with Crippen molar-refractivity contribution in [2.24, 2.45) is 0 Å². The molecule has 3 N–H and O–H groups in total. The van der Waals surface area contributed by atoms with Gasteiger partial charge in [-0.05, 0) is 19.4 Å². The fourth-order valence-corrected chi connectivity index (χ4v) is 3.66. The van der Waals surface area contributed by atoms with Crippen LogP contribution in [0, 0.1) is 0 Å². The Morgan fingerprint density at radius 1 is 1.37 bits per heavy atom. The molecule has 0 bridgehead atoms. The third-order valence-corrected chi connectivity index (χ3v) is 4.89. The minimum absolute atomic E-state index is 0.145. The van der Waals surface area contributed by atoms with Crippen LogP contribution in [-0.4, -0.2) is 34.3 Å². The number of methoxy groups -OCH3 is 1. The molecule has 0 spiro atoms. The summed E-state index contributed by atoms with van der Waals surface area (Å²) in [6.45, 7) is 5.48. The van der Waals surface area contributed by atoms with Gasteiger partial charge in [-0.3, -0.25) is 0 Å². The number of ether oxygens (including phenoxy) is 2. The lowest BCUT2D eigenvalue weighted by atomic mass is 10.0. The van der Waals surface area contributed by atoms with Crippen molar-refractivity contribution < 1.29 is 14.3 Å². The van der Waals surface area contributed by atoms with Crippen molar-refractivity contribution in [3.05, 3.63) is 23.5 Å². The summed E-state index contributed by atoms with van der Waals surface area (Å²) in [5.74, 6) is 1.83. The highest BCUT2D eigenvalue weighted by Gasteiger charge is 2.25. The van der Waals surface area contributed by atoms with Crippen molar-refractivity contribution in [2.75, 3.05) is 19.5 Å². The molecule has 2 aromatic heterocycles. The van der Waals surface area contributed by atoms with Gasteiger partial charge in [-0.15, -0.1) is 0 Å². The molecule has 0 fully saturated rings. The van der Waals surface area contributed by atoms with Crippen molar-refractivity contribution >= 4 is 33.8 Å². The fourth-order valence-electron chi connectivity index (χ4n) is 3.66. The van der Waals surface area contributed by atoms with Crippen molar-refractivity contribution in [1.29, 1.82) is 0 Å². The van der Waals surface area contributed by atoms with Crippen molar-refractivity contribution in [1.82, 2.24) is 19.9 Å². The Morgan fingerprint density at radius 3 is 2.93 bits per heavy atom. The van der Waals surface area contributed by atoms with Gasteiger partial charge < -0.3 is 25.1 Å². The fraction of sp³-hybridized carbons (Fsp3) is 0.421. The van der Waals surface area contributed by atoms with E-state index in [-0.39, 0.29) is 6.04 Å². The number of nitrogen functional groups attached to an aromatic ring is 1.